The van der Waals surface area contributed by atoms with Crippen molar-refractivity contribution in [1.82, 2.24) is 0 Å². The van der Waals surface area contributed by atoms with Crippen molar-refractivity contribution < 1.29 is 0 Å². The summed E-state index contributed by atoms with van der Waals surface area (Å²) in [6, 6.07) is 8.33. The molecule has 0 radical (unpaired) electrons. The summed E-state index contributed by atoms with van der Waals surface area (Å²) >= 11 is 3.53. The molecule has 1 aromatic carbocycles. The quantitative estimate of drug-likeness (QED) is 0.907. The second kappa shape index (κ2) is 4.51. The van der Waals surface area contributed by atoms with E-state index in [1.165, 1.54) is 12.8 Å². The Morgan fingerprint density at radius 3 is 2.79 bits per heavy atom. The van der Waals surface area contributed by atoms with Crippen LogP contribution in [0.4, 0.5) is 5.69 Å². The molecule has 19 heavy (non-hydrogen) atoms. The van der Waals surface area contributed by atoms with Gasteiger partial charge in [0, 0.05) is 10.2 Å². The number of hydrogen-bond donors (Lipinski definition) is 1. The van der Waals surface area contributed by atoms with E-state index in [9.17, 15) is 0 Å². The molecule has 1 spiro atoms. The van der Waals surface area contributed by atoms with Crippen LogP contribution in [-0.2, 0) is 0 Å². The van der Waals surface area contributed by atoms with Gasteiger partial charge in [0.1, 0.15) is 0 Å². The van der Waals surface area contributed by atoms with Gasteiger partial charge in [0.15, 0.2) is 5.96 Å². The standard InChI is InChI=1S/C15H20BrN3/c1-10(2)11-7-15(8-11)9-18-14(17)19(15)13-5-3-4-12(16)6-13/h3-6,10-11H,7-9H2,1-2H3,(H2,17,18). The van der Waals surface area contributed by atoms with E-state index < -0.39 is 0 Å². The van der Waals surface area contributed by atoms with Crippen LogP contribution in [0, 0.1) is 11.8 Å². The van der Waals surface area contributed by atoms with Crippen LogP contribution in [0.3, 0.4) is 0 Å². The first-order valence-electron chi connectivity index (χ1n) is 6.87. The lowest BCUT2D eigenvalue weighted by Crippen LogP contribution is -2.60. The maximum absolute atomic E-state index is 6.13. The van der Waals surface area contributed by atoms with Crippen LogP contribution in [0.1, 0.15) is 26.7 Å². The molecule has 0 unspecified atom stereocenters. The van der Waals surface area contributed by atoms with E-state index in [0.29, 0.717) is 5.96 Å². The highest BCUT2D eigenvalue weighted by Gasteiger charge is 2.53. The molecule has 1 aliphatic carbocycles. The molecule has 1 heterocycles. The largest absolute Gasteiger partial charge is 0.369 e. The molecular weight excluding hydrogens is 302 g/mol. The summed E-state index contributed by atoms with van der Waals surface area (Å²) in [4.78, 5) is 6.74. The number of benzene rings is 1. The van der Waals surface area contributed by atoms with Crippen molar-refractivity contribution >= 4 is 27.6 Å². The van der Waals surface area contributed by atoms with Crippen LogP contribution in [0.2, 0.25) is 0 Å². The minimum absolute atomic E-state index is 0.139. The van der Waals surface area contributed by atoms with Crippen molar-refractivity contribution in [2.75, 3.05) is 11.4 Å². The third-order valence-corrected chi connectivity index (χ3v) is 5.03. The lowest BCUT2D eigenvalue weighted by atomic mass is 9.63. The average molecular weight is 322 g/mol. The Hall–Kier alpha value is -1.03. The third-order valence-electron chi connectivity index (χ3n) is 4.53. The van der Waals surface area contributed by atoms with Crippen LogP contribution >= 0.6 is 15.9 Å². The monoisotopic (exact) mass is 321 g/mol. The molecule has 3 rings (SSSR count). The number of guanidine groups is 1. The van der Waals surface area contributed by atoms with Gasteiger partial charge in [-0.1, -0.05) is 35.8 Å². The van der Waals surface area contributed by atoms with Gasteiger partial charge in [0.05, 0.1) is 12.1 Å². The van der Waals surface area contributed by atoms with Gasteiger partial charge in [-0.25, -0.2) is 0 Å². The summed E-state index contributed by atoms with van der Waals surface area (Å²) in [5.41, 5.74) is 7.42. The van der Waals surface area contributed by atoms with E-state index in [2.05, 4.69) is 57.9 Å². The van der Waals surface area contributed by atoms with Crippen molar-refractivity contribution in [2.24, 2.45) is 22.6 Å². The van der Waals surface area contributed by atoms with Crippen LogP contribution < -0.4 is 10.6 Å². The van der Waals surface area contributed by atoms with Gasteiger partial charge in [-0.3, -0.25) is 4.99 Å². The Morgan fingerprint density at radius 1 is 1.42 bits per heavy atom. The summed E-state index contributed by atoms with van der Waals surface area (Å²) in [6.45, 7) is 5.45. The summed E-state index contributed by atoms with van der Waals surface area (Å²) in [6.07, 6.45) is 2.39. The Kier molecular flexibility index (Phi) is 3.08. The molecule has 1 aromatic rings. The first-order valence-corrected chi connectivity index (χ1v) is 7.67. The van der Waals surface area contributed by atoms with Gasteiger partial charge in [-0.2, -0.15) is 0 Å². The summed E-state index contributed by atoms with van der Waals surface area (Å²) in [5, 5.41) is 0. The first kappa shape index (κ1) is 13.0. The minimum atomic E-state index is 0.139. The molecule has 4 heteroatoms. The molecule has 1 aliphatic heterocycles. The van der Waals surface area contributed by atoms with E-state index in [4.69, 9.17) is 5.73 Å². The van der Waals surface area contributed by atoms with Gasteiger partial charge in [0.25, 0.3) is 0 Å². The molecule has 3 nitrogen and oxygen atoms in total. The number of aliphatic imine (C=N–C) groups is 1. The molecular formula is C15H20BrN3. The predicted molar refractivity (Wildman–Crippen MR) is 83.4 cm³/mol. The average Bonchev–Trinajstić information content (AvgIpc) is 2.64. The second-order valence-electron chi connectivity index (χ2n) is 6.13. The van der Waals surface area contributed by atoms with E-state index in [0.717, 1.165) is 28.5 Å². The van der Waals surface area contributed by atoms with Crippen LogP contribution in [0.15, 0.2) is 33.7 Å². The molecule has 0 atom stereocenters. The molecule has 2 N–H and O–H groups in total. The van der Waals surface area contributed by atoms with Crippen LogP contribution in [0.25, 0.3) is 0 Å². The fourth-order valence-corrected chi connectivity index (χ4v) is 3.72. The van der Waals surface area contributed by atoms with Gasteiger partial charge >= 0.3 is 0 Å². The summed E-state index contributed by atoms with van der Waals surface area (Å²) in [7, 11) is 0. The second-order valence-corrected chi connectivity index (χ2v) is 7.04. The smallest absolute Gasteiger partial charge is 0.196 e. The molecule has 0 saturated heterocycles. The fourth-order valence-electron chi connectivity index (χ4n) is 3.33. The Bertz CT molecular complexity index is 518. The van der Waals surface area contributed by atoms with Crippen molar-refractivity contribution in [3.8, 4) is 0 Å². The first-order chi connectivity index (χ1) is 9.02. The van der Waals surface area contributed by atoms with E-state index >= 15 is 0 Å². The Morgan fingerprint density at radius 2 is 2.16 bits per heavy atom. The maximum Gasteiger partial charge on any atom is 0.196 e. The number of nitrogens with zero attached hydrogens (tertiary/aromatic N) is 2. The van der Waals surface area contributed by atoms with Gasteiger partial charge in [-0.15, -0.1) is 0 Å². The minimum Gasteiger partial charge on any atom is -0.369 e. The Labute approximate surface area is 123 Å². The highest BCUT2D eigenvalue weighted by atomic mass is 79.9. The summed E-state index contributed by atoms with van der Waals surface area (Å²) < 4.78 is 1.08. The zero-order valence-electron chi connectivity index (χ0n) is 11.4. The molecule has 102 valence electrons. The number of hydrogen-bond acceptors (Lipinski definition) is 3. The molecule has 0 bridgehead atoms. The SMILES string of the molecule is CC(C)C1CC2(CN=C(N)N2c2cccc(Br)c2)C1. The van der Waals surface area contributed by atoms with Crippen molar-refractivity contribution in [1.29, 1.82) is 0 Å². The fraction of sp³-hybridized carbons (Fsp3) is 0.533. The molecule has 1 saturated carbocycles. The summed E-state index contributed by atoms with van der Waals surface area (Å²) in [5.74, 6) is 2.22. The molecule has 0 aromatic heterocycles. The highest BCUT2D eigenvalue weighted by Crippen LogP contribution is 2.49. The third kappa shape index (κ3) is 2.06. The number of halogens is 1. The highest BCUT2D eigenvalue weighted by molar-refractivity contribution is 9.10. The lowest BCUT2D eigenvalue weighted by Gasteiger charge is -2.52. The lowest BCUT2D eigenvalue weighted by molar-refractivity contribution is 0.121. The normalized spacial score (nSPS) is 29.8. The van der Waals surface area contributed by atoms with Crippen molar-refractivity contribution in [3.63, 3.8) is 0 Å². The van der Waals surface area contributed by atoms with Crippen molar-refractivity contribution in [2.45, 2.75) is 32.2 Å². The van der Waals surface area contributed by atoms with E-state index in [1.807, 2.05) is 6.07 Å². The maximum atomic E-state index is 6.13. The van der Waals surface area contributed by atoms with Crippen LogP contribution in [0.5, 0.6) is 0 Å². The zero-order chi connectivity index (χ0) is 13.6. The number of anilines is 1. The predicted octanol–water partition coefficient (Wildman–Crippen LogP) is 3.39. The topological polar surface area (TPSA) is 41.6 Å². The number of nitrogens with two attached hydrogens (primary N) is 1. The number of rotatable bonds is 2. The molecule has 0 amide bonds. The Balaban J connectivity index is 1.88. The molecule has 1 fully saturated rings. The van der Waals surface area contributed by atoms with E-state index in [1.54, 1.807) is 0 Å². The van der Waals surface area contributed by atoms with Crippen molar-refractivity contribution in [3.05, 3.63) is 28.7 Å². The van der Waals surface area contributed by atoms with Gasteiger partial charge in [-0.05, 0) is 42.9 Å². The van der Waals surface area contributed by atoms with E-state index in [-0.39, 0.29) is 5.54 Å². The molecule has 2 aliphatic rings. The van der Waals surface area contributed by atoms with Crippen LogP contribution in [-0.4, -0.2) is 18.0 Å². The zero-order valence-corrected chi connectivity index (χ0v) is 13.0. The van der Waals surface area contributed by atoms with Gasteiger partial charge < -0.3 is 10.6 Å². The van der Waals surface area contributed by atoms with Gasteiger partial charge in [0.2, 0.25) is 0 Å².